The van der Waals surface area contributed by atoms with E-state index in [4.69, 9.17) is 0 Å². The molecule has 6 heteroatoms. The maximum absolute atomic E-state index is 12.3. The molecule has 5 nitrogen and oxygen atoms in total. The first-order chi connectivity index (χ1) is 10.1. The molecule has 3 rings (SSSR count). The predicted octanol–water partition coefficient (Wildman–Crippen LogP) is 2.22. The predicted molar refractivity (Wildman–Crippen MR) is 86.3 cm³/mol. The second kappa shape index (κ2) is 6.67. The number of esters is 1. The molecule has 1 unspecified atom stereocenters. The van der Waals surface area contributed by atoms with E-state index in [2.05, 4.69) is 15.4 Å². The molecule has 1 spiro atoms. The molecule has 1 aliphatic carbocycles. The van der Waals surface area contributed by atoms with Crippen LogP contribution in [-0.4, -0.2) is 32.1 Å². The minimum Gasteiger partial charge on any atom is -0.465 e. The lowest BCUT2D eigenvalue weighted by molar-refractivity contribution is -0.118. The number of anilines is 1. The van der Waals surface area contributed by atoms with Crippen molar-refractivity contribution >= 4 is 30.0 Å². The molecule has 1 aromatic carbocycles. The van der Waals surface area contributed by atoms with Crippen molar-refractivity contribution in [3.8, 4) is 0 Å². The Labute approximate surface area is 136 Å². The van der Waals surface area contributed by atoms with Crippen molar-refractivity contribution in [2.75, 3.05) is 25.5 Å². The monoisotopic (exact) mass is 324 g/mol. The number of hydrogen-bond donors (Lipinski definition) is 2. The number of piperidine rings is 1. The smallest absolute Gasteiger partial charge is 0.337 e. The average molecular weight is 325 g/mol. The maximum atomic E-state index is 12.3. The van der Waals surface area contributed by atoms with Crippen molar-refractivity contribution in [1.29, 1.82) is 0 Å². The van der Waals surface area contributed by atoms with Gasteiger partial charge in [-0.25, -0.2) is 4.79 Å². The van der Waals surface area contributed by atoms with Gasteiger partial charge in [-0.3, -0.25) is 4.79 Å². The van der Waals surface area contributed by atoms with E-state index in [1.165, 1.54) is 7.11 Å². The van der Waals surface area contributed by atoms with Crippen molar-refractivity contribution in [1.82, 2.24) is 5.32 Å². The van der Waals surface area contributed by atoms with Crippen molar-refractivity contribution in [2.24, 2.45) is 11.3 Å². The Balaban J connectivity index is 0.00000176. The Kier molecular flexibility index (Phi) is 5.08. The van der Waals surface area contributed by atoms with Crippen LogP contribution in [0.4, 0.5) is 5.69 Å². The van der Waals surface area contributed by atoms with Crippen LogP contribution in [0.3, 0.4) is 0 Å². The molecule has 1 aliphatic heterocycles. The summed E-state index contributed by atoms with van der Waals surface area (Å²) in [6, 6.07) is 6.80. The Morgan fingerprint density at radius 1 is 1.23 bits per heavy atom. The number of rotatable bonds is 3. The number of ether oxygens (including phenoxy) is 1. The van der Waals surface area contributed by atoms with Crippen molar-refractivity contribution < 1.29 is 14.3 Å². The summed E-state index contributed by atoms with van der Waals surface area (Å²) in [6.07, 6.45) is 3.18. The second-order valence-corrected chi connectivity index (χ2v) is 5.93. The number of carbonyl (C=O) groups excluding carboxylic acids is 2. The molecule has 2 N–H and O–H groups in total. The van der Waals surface area contributed by atoms with Gasteiger partial charge in [0.1, 0.15) is 0 Å². The number of amides is 1. The summed E-state index contributed by atoms with van der Waals surface area (Å²) in [6.45, 7) is 2.02. The van der Waals surface area contributed by atoms with Crippen LogP contribution in [0.2, 0.25) is 0 Å². The lowest BCUT2D eigenvalue weighted by atomic mass is 9.92. The molecule has 2 fully saturated rings. The first-order valence-corrected chi connectivity index (χ1v) is 7.35. The van der Waals surface area contributed by atoms with Crippen molar-refractivity contribution in [3.63, 3.8) is 0 Å². The van der Waals surface area contributed by atoms with Gasteiger partial charge in [0.05, 0.1) is 12.7 Å². The van der Waals surface area contributed by atoms with Crippen LogP contribution in [0.1, 0.15) is 29.6 Å². The Hall–Kier alpha value is -1.59. The van der Waals surface area contributed by atoms with E-state index in [0.29, 0.717) is 5.56 Å². The third kappa shape index (κ3) is 3.25. The third-order valence-electron chi connectivity index (χ3n) is 4.68. The molecule has 1 heterocycles. The van der Waals surface area contributed by atoms with Gasteiger partial charge >= 0.3 is 5.97 Å². The van der Waals surface area contributed by atoms with Crippen LogP contribution < -0.4 is 10.6 Å². The van der Waals surface area contributed by atoms with Gasteiger partial charge in [0.15, 0.2) is 0 Å². The molecule has 120 valence electrons. The van der Waals surface area contributed by atoms with Crippen LogP contribution in [0, 0.1) is 11.3 Å². The summed E-state index contributed by atoms with van der Waals surface area (Å²) in [5.74, 6) is -0.133. The van der Waals surface area contributed by atoms with E-state index < -0.39 is 0 Å². The van der Waals surface area contributed by atoms with E-state index in [-0.39, 0.29) is 35.6 Å². The fourth-order valence-corrected chi connectivity index (χ4v) is 3.23. The molecule has 1 atom stereocenters. The molecule has 1 amide bonds. The summed E-state index contributed by atoms with van der Waals surface area (Å²) in [5.41, 5.74) is 1.45. The average Bonchev–Trinajstić information content (AvgIpc) is 3.21. The van der Waals surface area contributed by atoms with Crippen molar-refractivity contribution in [3.05, 3.63) is 29.8 Å². The molecule has 2 aliphatic rings. The maximum Gasteiger partial charge on any atom is 0.337 e. The largest absolute Gasteiger partial charge is 0.465 e. The molecule has 1 saturated carbocycles. The standard InChI is InChI=1S/C16H20N2O3.ClH/c1-21-15(20)11-2-4-12(5-3-11)18-14(19)13-10-16(13)6-8-17-9-7-16;/h2-5,13,17H,6-10H2,1H3,(H,18,19);1H. The van der Waals surface area contributed by atoms with Crippen LogP contribution in [0.15, 0.2) is 24.3 Å². The van der Waals surface area contributed by atoms with E-state index in [0.717, 1.165) is 38.0 Å². The van der Waals surface area contributed by atoms with E-state index in [9.17, 15) is 9.59 Å². The Bertz CT molecular complexity index is 553. The highest BCUT2D eigenvalue weighted by Crippen LogP contribution is 2.58. The van der Waals surface area contributed by atoms with Crippen LogP contribution in [0.25, 0.3) is 0 Å². The minimum absolute atomic E-state index is 0. The quantitative estimate of drug-likeness (QED) is 0.837. The molecule has 1 aromatic rings. The highest BCUT2D eigenvalue weighted by Gasteiger charge is 2.57. The van der Waals surface area contributed by atoms with E-state index in [1.54, 1.807) is 24.3 Å². The highest BCUT2D eigenvalue weighted by atomic mass is 35.5. The fourth-order valence-electron chi connectivity index (χ4n) is 3.23. The number of halogens is 1. The molecular formula is C16H21ClN2O3. The van der Waals surface area contributed by atoms with Gasteiger partial charge in [0.2, 0.25) is 5.91 Å². The molecule has 22 heavy (non-hydrogen) atoms. The summed E-state index contributed by atoms with van der Waals surface area (Å²) >= 11 is 0. The number of methoxy groups -OCH3 is 1. The second-order valence-electron chi connectivity index (χ2n) is 5.93. The van der Waals surface area contributed by atoms with Gasteiger partial charge in [-0.15, -0.1) is 12.4 Å². The molecular weight excluding hydrogens is 304 g/mol. The molecule has 0 aromatic heterocycles. The Morgan fingerprint density at radius 2 is 1.86 bits per heavy atom. The zero-order valence-corrected chi connectivity index (χ0v) is 13.4. The first-order valence-electron chi connectivity index (χ1n) is 7.35. The number of benzene rings is 1. The number of nitrogens with one attached hydrogen (secondary N) is 2. The minimum atomic E-state index is -0.372. The van der Waals surface area contributed by atoms with E-state index >= 15 is 0 Å². The lowest BCUT2D eigenvalue weighted by Gasteiger charge is -2.23. The normalized spacial score (nSPS) is 21.6. The summed E-state index contributed by atoms with van der Waals surface area (Å²) < 4.78 is 4.65. The fraction of sp³-hybridized carbons (Fsp3) is 0.500. The van der Waals surface area contributed by atoms with Gasteiger partial charge in [-0.05, 0) is 62.0 Å². The molecule has 0 bridgehead atoms. The topological polar surface area (TPSA) is 67.4 Å². The summed E-state index contributed by atoms with van der Waals surface area (Å²) in [7, 11) is 1.35. The van der Waals surface area contributed by atoms with Crippen LogP contribution in [-0.2, 0) is 9.53 Å². The molecule has 1 saturated heterocycles. The number of hydrogen-bond acceptors (Lipinski definition) is 4. The zero-order chi connectivity index (χ0) is 14.9. The van der Waals surface area contributed by atoms with Crippen molar-refractivity contribution in [2.45, 2.75) is 19.3 Å². The third-order valence-corrected chi connectivity index (χ3v) is 4.68. The summed E-state index contributed by atoms with van der Waals surface area (Å²) in [5, 5.41) is 6.28. The van der Waals surface area contributed by atoms with Crippen LogP contribution >= 0.6 is 12.4 Å². The van der Waals surface area contributed by atoms with E-state index in [1.807, 2.05) is 0 Å². The van der Waals surface area contributed by atoms with Gasteiger partial charge in [0, 0.05) is 11.6 Å². The van der Waals surface area contributed by atoms with Gasteiger partial charge < -0.3 is 15.4 Å². The van der Waals surface area contributed by atoms with Gasteiger partial charge in [-0.2, -0.15) is 0 Å². The van der Waals surface area contributed by atoms with Crippen LogP contribution in [0.5, 0.6) is 0 Å². The lowest BCUT2D eigenvalue weighted by Crippen LogP contribution is -2.31. The molecule has 0 radical (unpaired) electrons. The Morgan fingerprint density at radius 3 is 2.45 bits per heavy atom. The SMILES string of the molecule is COC(=O)c1ccc(NC(=O)C2CC23CCNCC3)cc1.Cl. The zero-order valence-electron chi connectivity index (χ0n) is 12.6. The highest BCUT2D eigenvalue weighted by molar-refractivity contribution is 5.96. The first kappa shape index (κ1) is 16.8. The summed E-state index contributed by atoms with van der Waals surface area (Å²) in [4.78, 5) is 23.7. The number of carbonyl (C=O) groups is 2. The van der Waals surface area contributed by atoms with Gasteiger partial charge in [0.25, 0.3) is 0 Å². The van der Waals surface area contributed by atoms with Gasteiger partial charge in [-0.1, -0.05) is 0 Å².